The molecule has 0 unspecified atom stereocenters. The topological polar surface area (TPSA) is 75.6 Å². The van der Waals surface area contributed by atoms with Gasteiger partial charge in [0.25, 0.3) is 0 Å². The van der Waals surface area contributed by atoms with Crippen LogP contribution in [0.15, 0.2) is 66.7 Å². The van der Waals surface area contributed by atoms with Gasteiger partial charge in [-0.05, 0) is 52.4 Å². The molecule has 5 nitrogen and oxygen atoms in total. The summed E-state index contributed by atoms with van der Waals surface area (Å²) in [7, 11) is 0. The predicted molar refractivity (Wildman–Crippen MR) is 114 cm³/mol. The molecule has 0 saturated heterocycles. The zero-order chi connectivity index (χ0) is 22.7. The van der Waals surface area contributed by atoms with Crippen molar-refractivity contribution in [1.29, 1.82) is 0 Å². The first-order chi connectivity index (χ1) is 15.4. The Hall–Kier alpha value is -3.74. The van der Waals surface area contributed by atoms with Gasteiger partial charge in [-0.2, -0.15) is 0 Å². The van der Waals surface area contributed by atoms with Gasteiger partial charge in [-0.25, -0.2) is 13.6 Å². The smallest absolute Gasteiger partial charge is 0.407 e. The number of fused-ring (bicyclic) bond motifs is 3. The maximum Gasteiger partial charge on any atom is 0.407 e. The minimum Gasteiger partial charge on any atom is -0.481 e. The first-order valence-corrected chi connectivity index (χ1v) is 10.2. The summed E-state index contributed by atoms with van der Waals surface area (Å²) in [6.45, 7) is 0.0635. The van der Waals surface area contributed by atoms with Crippen molar-refractivity contribution in [1.82, 2.24) is 5.32 Å². The van der Waals surface area contributed by atoms with Crippen molar-refractivity contribution < 1.29 is 28.2 Å². The summed E-state index contributed by atoms with van der Waals surface area (Å²) in [5.74, 6) is -2.63. The maximum absolute atomic E-state index is 14.0. The van der Waals surface area contributed by atoms with Crippen LogP contribution in [0.2, 0.25) is 0 Å². The number of nitrogens with one attached hydrogen (secondary N) is 1. The predicted octanol–water partition coefficient (Wildman–Crippen LogP) is 4.89. The van der Waals surface area contributed by atoms with E-state index in [-0.39, 0.29) is 24.5 Å². The molecule has 0 bridgehead atoms. The van der Waals surface area contributed by atoms with Crippen LogP contribution >= 0.6 is 0 Å². The third kappa shape index (κ3) is 4.61. The zero-order valence-corrected chi connectivity index (χ0v) is 17.1. The molecule has 0 fully saturated rings. The van der Waals surface area contributed by atoms with Crippen LogP contribution in [0.5, 0.6) is 0 Å². The van der Waals surface area contributed by atoms with Crippen molar-refractivity contribution >= 4 is 12.1 Å². The van der Waals surface area contributed by atoms with E-state index in [9.17, 15) is 18.4 Å². The minimum atomic E-state index is -1.18. The van der Waals surface area contributed by atoms with E-state index in [1.807, 2.05) is 48.5 Å². The van der Waals surface area contributed by atoms with E-state index in [1.165, 1.54) is 0 Å². The fourth-order valence-electron chi connectivity index (χ4n) is 4.16. The molecule has 0 spiro atoms. The minimum absolute atomic E-state index is 0.0183. The Bertz CT molecular complexity index is 1120. The van der Waals surface area contributed by atoms with Crippen LogP contribution < -0.4 is 5.32 Å². The highest BCUT2D eigenvalue weighted by atomic mass is 19.1. The number of amides is 1. The third-order valence-corrected chi connectivity index (χ3v) is 5.56. The Morgan fingerprint density at radius 3 is 2.22 bits per heavy atom. The van der Waals surface area contributed by atoms with Crippen molar-refractivity contribution in [2.24, 2.45) is 0 Å². The Labute approximate surface area is 183 Å². The Kier molecular flexibility index (Phi) is 6.16. The number of ether oxygens (including phenoxy) is 1. The van der Waals surface area contributed by atoms with Crippen molar-refractivity contribution in [3.63, 3.8) is 0 Å². The van der Waals surface area contributed by atoms with E-state index in [0.29, 0.717) is 0 Å². The lowest BCUT2D eigenvalue weighted by atomic mass is 9.98. The highest BCUT2D eigenvalue weighted by Gasteiger charge is 2.29. The summed E-state index contributed by atoms with van der Waals surface area (Å²) >= 11 is 0. The normalized spacial score (nSPS) is 13.2. The number of benzene rings is 3. The van der Waals surface area contributed by atoms with Gasteiger partial charge < -0.3 is 15.2 Å². The average molecular weight is 437 g/mol. The van der Waals surface area contributed by atoms with Gasteiger partial charge in [0, 0.05) is 12.0 Å². The molecule has 0 heterocycles. The summed E-state index contributed by atoms with van der Waals surface area (Å²) in [5, 5.41) is 11.6. The lowest BCUT2D eigenvalue weighted by molar-refractivity contribution is -0.137. The molecule has 0 radical (unpaired) electrons. The maximum atomic E-state index is 14.0. The second-order valence-corrected chi connectivity index (χ2v) is 7.70. The van der Waals surface area contributed by atoms with E-state index in [4.69, 9.17) is 9.84 Å². The van der Waals surface area contributed by atoms with Gasteiger partial charge in [-0.1, -0.05) is 48.5 Å². The second-order valence-electron chi connectivity index (χ2n) is 7.70. The second kappa shape index (κ2) is 9.18. The highest BCUT2D eigenvalue weighted by molar-refractivity contribution is 5.79. The van der Waals surface area contributed by atoms with Crippen LogP contribution in [0, 0.1) is 11.6 Å². The summed E-state index contributed by atoms with van der Waals surface area (Å²) in [5.41, 5.74) is 4.25. The van der Waals surface area contributed by atoms with Crippen LogP contribution in [0.4, 0.5) is 13.6 Å². The van der Waals surface area contributed by atoms with Crippen molar-refractivity contribution in [3.8, 4) is 11.1 Å². The number of rotatable bonds is 7. The number of carboxylic acids is 1. The molecule has 1 aliphatic carbocycles. The van der Waals surface area contributed by atoms with Gasteiger partial charge in [-0.15, -0.1) is 0 Å². The summed E-state index contributed by atoms with van der Waals surface area (Å²) < 4.78 is 32.9. The molecular formula is C25H21F2NO4. The van der Waals surface area contributed by atoms with Crippen LogP contribution in [0.1, 0.15) is 29.0 Å². The molecule has 0 aliphatic heterocycles. The Balaban J connectivity index is 1.45. The zero-order valence-electron chi connectivity index (χ0n) is 17.1. The van der Waals surface area contributed by atoms with Gasteiger partial charge >= 0.3 is 12.1 Å². The standard InChI is InChI=1S/C25H21F2NO4/c26-16-9-10-23(27)15(11-16)12-17(13-24(29)30)28-25(31)32-14-22-20-7-3-1-5-18(20)19-6-2-4-8-21(19)22/h1-11,17,22H,12-14H2,(H,28,31)(H,29,30)/t17-/m0/s1. The highest BCUT2D eigenvalue weighted by Crippen LogP contribution is 2.44. The van der Waals surface area contributed by atoms with E-state index < -0.39 is 36.2 Å². The van der Waals surface area contributed by atoms with Crippen molar-refractivity contribution in [2.75, 3.05) is 6.61 Å². The quantitative estimate of drug-likeness (QED) is 0.552. The largest absolute Gasteiger partial charge is 0.481 e. The molecule has 3 aromatic carbocycles. The van der Waals surface area contributed by atoms with E-state index >= 15 is 0 Å². The number of carbonyl (C=O) groups is 2. The first kappa shape index (κ1) is 21.5. The number of carbonyl (C=O) groups excluding carboxylic acids is 1. The molecular weight excluding hydrogens is 416 g/mol. The van der Waals surface area contributed by atoms with E-state index in [2.05, 4.69) is 5.32 Å². The van der Waals surface area contributed by atoms with Gasteiger partial charge in [0.15, 0.2) is 0 Å². The van der Waals surface area contributed by atoms with Crippen LogP contribution in [-0.2, 0) is 16.0 Å². The number of carboxylic acid groups (broad SMARTS) is 1. The fraction of sp³-hybridized carbons (Fsp3) is 0.200. The Morgan fingerprint density at radius 1 is 0.969 bits per heavy atom. The average Bonchev–Trinajstić information content (AvgIpc) is 3.08. The monoisotopic (exact) mass is 437 g/mol. The van der Waals surface area contributed by atoms with Gasteiger partial charge in [0.05, 0.1) is 6.42 Å². The lowest BCUT2D eigenvalue weighted by Crippen LogP contribution is -2.39. The molecule has 3 aromatic rings. The molecule has 4 rings (SSSR count). The summed E-state index contributed by atoms with van der Waals surface area (Å²) in [6, 6.07) is 17.7. The molecule has 164 valence electrons. The number of hydrogen-bond donors (Lipinski definition) is 2. The van der Waals surface area contributed by atoms with Gasteiger partial charge in [0.2, 0.25) is 0 Å². The van der Waals surface area contributed by atoms with Crippen molar-refractivity contribution in [3.05, 3.63) is 95.1 Å². The van der Waals surface area contributed by atoms with Crippen molar-refractivity contribution in [2.45, 2.75) is 24.8 Å². The molecule has 7 heteroatoms. The van der Waals surface area contributed by atoms with Crippen LogP contribution in [0.25, 0.3) is 11.1 Å². The third-order valence-electron chi connectivity index (χ3n) is 5.56. The van der Waals surface area contributed by atoms with E-state index in [1.54, 1.807) is 0 Å². The van der Waals surface area contributed by atoms with Gasteiger partial charge in [0.1, 0.15) is 18.2 Å². The van der Waals surface area contributed by atoms with Crippen LogP contribution in [-0.4, -0.2) is 29.8 Å². The molecule has 1 amide bonds. The number of alkyl carbamates (subject to hydrolysis) is 1. The lowest BCUT2D eigenvalue weighted by Gasteiger charge is -2.19. The number of hydrogen-bond acceptors (Lipinski definition) is 3. The molecule has 0 saturated carbocycles. The summed E-state index contributed by atoms with van der Waals surface area (Å²) in [4.78, 5) is 23.7. The molecule has 0 aromatic heterocycles. The Morgan fingerprint density at radius 2 is 1.59 bits per heavy atom. The molecule has 1 aliphatic rings. The van der Waals surface area contributed by atoms with Gasteiger partial charge in [-0.3, -0.25) is 4.79 Å². The van der Waals surface area contributed by atoms with E-state index in [0.717, 1.165) is 40.5 Å². The SMILES string of the molecule is O=C(O)C[C@H](Cc1cc(F)ccc1F)NC(=O)OCC1c2ccccc2-c2ccccc21. The van der Waals surface area contributed by atoms with Crippen LogP contribution in [0.3, 0.4) is 0 Å². The summed E-state index contributed by atoms with van der Waals surface area (Å²) in [6.07, 6.45) is -1.45. The molecule has 1 atom stereocenters. The molecule has 2 N–H and O–H groups in total. The molecule has 32 heavy (non-hydrogen) atoms. The first-order valence-electron chi connectivity index (χ1n) is 10.2. The number of halogens is 2. The fourth-order valence-corrected chi connectivity index (χ4v) is 4.16. The number of aliphatic carboxylic acids is 1.